The molecule has 0 aromatic heterocycles. The maximum Gasteiger partial charge on any atom is 0.326 e. The van der Waals surface area contributed by atoms with E-state index in [1.165, 1.54) is 0 Å². The van der Waals surface area contributed by atoms with Gasteiger partial charge in [-0.25, -0.2) is 4.79 Å². The molecular formula is C13H19NO3. The summed E-state index contributed by atoms with van der Waals surface area (Å²) in [6.45, 7) is 5.68. The number of hydrogen-bond acceptors (Lipinski definition) is 3. The number of nitrogens with one attached hydrogen (secondary N) is 1. The maximum atomic E-state index is 11.1. The van der Waals surface area contributed by atoms with Gasteiger partial charge in [0, 0.05) is 5.69 Å². The van der Waals surface area contributed by atoms with Gasteiger partial charge in [0.15, 0.2) is 0 Å². The highest BCUT2D eigenvalue weighted by Crippen LogP contribution is 2.22. The average molecular weight is 237 g/mol. The summed E-state index contributed by atoms with van der Waals surface area (Å²) in [5.41, 5.74) is 1.77. The van der Waals surface area contributed by atoms with Crippen LogP contribution in [-0.4, -0.2) is 24.2 Å². The third-order valence-electron chi connectivity index (χ3n) is 2.65. The molecule has 0 spiro atoms. The van der Waals surface area contributed by atoms with Crippen molar-refractivity contribution < 1.29 is 14.6 Å². The van der Waals surface area contributed by atoms with Crippen molar-refractivity contribution in [3.8, 4) is 5.75 Å². The molecule has 0 amide bonds. The Morgan fingerprint density at radius 2 is 2.06 bits per heavy atom. The molecule has 0 aliphatic heterocycles. The van der Waals surface area contributed by atoms with Crippen LogP contribution in [-0.2, 0) is 4.79 Å². The van der Waals surface area contributed by atoms with E-state index in [1.807, 2.05) is 39.0 Å². The Kier molecular flexibility index (Phi) is 4.37. The number of carboxylic acids is 1. The van der Waals surface area contributed by atoms with Crippen LogP contribution in [0.5, 0.6) is 5.75 Å². The minimum absolute atomic E-state index is 0.0231. The van der Waals surface area contributed by atoms with Gasteiger partial charge >= 0.3 is 5.97 Å². The molecule has 4 heteroatoms. The summed E-state index contributed by atoms with van der Waals surface area (Å²) in [6.07, 6.45) is 0. The summed E-state index contributed by atoms with van der Waals surface area (Å²) in [7, 11) is 1.61. The van der Waals surface area contributed by atoms with E-state index in [0.717, 1.165) is 17.0 Å². The molecule has 0 aliphatic rings. The molecule has 0 saturated heterocycles. The fraction of sp³-hybridized carbons (Fsp3) is 0.462. The average Bonchev–Trinajstić information content (AvgIpc) is 2.25. The van der Waals surface area contributed by atoms with E-state index in [0.29, 0.717) is 0 Å². The number of hydrogen-bond donors (Lipinski definition) is 2. The lowest BCUT2D eigenvalue weighted by Crippen LogP contribution is -2.34. The molecule has 0 radical (unpaired) electrons. The van der Waals surface area contributed by atoms with Crippen LogP contribution in [0.4, 0.5) is 5.69 Å². The lowest BCUT2D eigenvalue weighted by molar-refractivity contribution is -0.138. The molecule has 94 valence electrons. The van der Waals surface area contributed by atoms with Gasteiger partial charge in [-0.15, -0.1) is 0 Å². The molecule has 2 N–H and O–H groups in total. The van der Waals surface area contributed by atoms with Crippen molar-refractivity contribution in [1.82, 2.24) is 0 Å². The van der Waals surface area contributed by atoms with Crippen molar-refractivity contribution in [2.45, 2.75) is 26.8 Å². The first-order chi connectivity index (χ1) is 7.95. The molecule has 0 aliphatic carbocycles. The minimum atomic E-state index is -0.839. The second-order valence-corrected chi connectivity index (χ2v) is 4.39. The first kappa shape index (κ1) is 13.4. The molecular weight excluding hydrogens is 218 g/mol. The maximum absolute atomic E-state index is 11.1. The van der Waals surface area contributed by atoms with Crippen LogP contribution in [0.25, 0.3) is 0 Å². The lowest BCUT2D eigenvalue weighted by Gasteiger charge is -2.19. The smallest absolute Gasteiger partial charge is 0.326 e. The first-order valence-electron chi connectivity index (χ1n) is 5.59. The molecule has 1 rings (SSSR count). The Bertz CT molecular complexity index is 402. The number of aryl methyl sites for hydroxylation is 1. The summed E-state index contributed by atoms with van der Waals surface area (Å²) in [5, 5.41) is 12.1. The molecule has 0 bridgehead atoms. The van der Waals surface area contributed by atoms with Crippen molar-refractivity contribution >= 4 is 11.7 Å². The van der Waals surface area contributed by atoms with Crippen LogP contribution in [0.15, 0.2) is 18.2 Å². The number of aliphatic carboxylic acids is 1. The number of rotatable bonds is 5. The third-order valence-corrected chi connectivity index (χ3v) is 2.65. The van der Waals surface area contributed by atoms with E-state index in [1.54, 1.807) is 7.11 Å². The van der Waals surface area contributed by atoms with Crippen LogP contribution < -0.4 is 10.1 Å². The van der Waals surface area contributed by atoms with Crippen LogP contribution in [0, 0.1) is 12.8 Å². The highest BCUT2D eigenvalue weighted by molar-refractivity contribution is 5.77. The van der Waals surface area contributed by atoms with Gasteiger partial charge in [0.05, 0.1) is 7.11 Å². The second-order valence-electron chi connectivity index (χ2n) is 4.39. The fourth-order valence-electron chi connectivity index (χ4n) is 1.66. The molecule has 0 saturated carbocycles. The fourth-order valence-corrected chi connectivity index (χ4v) is 1.66. The van der Waals surface area contributed by atoms with Gasteiger partial charge in [-0.1, -0.05) is 13.8 Å². The van der Waals surface area contributed by atoms with Gasteiger partial charge < -0.3 is 15.2 Å². The topological polar surface area (TPSA) is 58.6 Å². The number of benzene rings is 1. The van der Waals surface area contributed by atoms with Crippen LogP contribution in [0.2, 0.25) is 0 Å². The van der Waals surface area contributed by atoms with Gasteiger partial charge in [0.25, 0.3) is 0 Å². The predicted molar refractivity (Wildman–Crippen MR) is 67.6 cm³/mol. The third kappa shape index (κ3) is 3.37. The first-order valence-corrected chi connectivity index (χ1v) is 5.59. The van der Waals surface area contributed by atoms with E-state index in [-0.39, 0.29) is 5.92 Å². The Balaban J connectivity index is 2.87. The molecule has 4 nitrogen and oxygen atoms in total. The van der Waals surface area contributed by atoms with Crippen LogP contribution in [0.3, 0.4) is 0 Å². The number of methoxy groups -OCH3 is 1. The zero-order chi connectivity index (χ0) is 13.0. The summed E-state index contributed by atoms with van der Waals surface area (Å²) < 4.78 is 5.16. The van der Waals surface area contributed by atoms with Gasteiger partial charge in [-0.3, -0.25) is 0 Å². The standard InChI is InChI=1S/C13H19NO3/c1-8(2)12(13(15)16)14-10-5-6-11(17-4)9(3)7-10/h5-8,12,14H,1-4H3,(H,15,16). The lowest BCUT2D eigenvalue weighted by atomic mass is 10.0. The summed E-state index contributed by atoms with van der Waals surface area (Å²) >= 11 is 0. The molecule has 0 fully saturated rings. The monoisotopic (exact) mass is 237 g/mol. The largest absolute Gasteiger partial charge is 0.496 e. The van der Waals surface area contributed by atoms with E-state index in [9.17, 15) is 4.79 Å². The van der Waals surface area contributed by atoms with Crippen LogP contribution in [0.1, 0.15) is 19.4 Å². The SMILES string of the molecule is COc1ccc(NC(C(=O)O)C(C)C)cc1C. The number of ether oxygens (including phenoxy) is 1. The van der Waals surface area contributed by atoms with E-state index in [2.05, 4.69) is 5.32 Å². The highest BCUT2D eigenvalue weighted by Gasteiger charge is 2.21. The van der Waals surface area contributed by atoms with Gasteiger partial charge in [-0.05, 0) is 36.6 Å². The molecule has 1 aromatic rings. The van der Waals surface area contributed by atoms with Crippen molar-refractivity contribution in [1.29, 1.82) is 0 Å². The summed E-state index contributed by atoms with van der Waals surface area (Å²) in [4.78, 5) is 11.1. The Morgan fingerprint density at radius 1 is 1.41 bits per heavy atom. The van der Waals surface area contributed by atoms with Crippen molar-refractivity contribution in [2.24, 2.45) is 5.92 Å². The number of anilines is 1. The van der Waals surface area contributed by atoms with Crippen molar-refractivity contribution in [2.75, 3.05) is 12.4 Å². The summed E-state index contributed by atoms with van der Waals surface area (Å²) in [5.74, 6) is -0.0182. The Morgan fingerprint density at radius 3 is 2.47 bits per heavy atom. The van der Waals surface area contributed by atoms with Gasteiger partial charge in [0.1, 0.15) is 11.8 Å². The molecule has 1 aromatic carbocycles. The van der Waals surface area contributed by atoms with Crippen molar-refractivity contribution in [3.05, 3.63) is 23.8 Å². The van der Waals surface area contributed by atoms with Crippen LogP contribution >= 0.6 is 0 Å². The zero-order valence-electron chi connectivity index (χ0n) is 10.7. The van der Waals surface area contributed by atoms with Gasteiger partial charge in [-0.2, -0.15) is 0 Å². The van der Waals surface area contributed by atoms with Crippen molar-refractivity contribution in [3.63, 3.8) is 0 Å². The van der Waals surface area contributed by atoms with E-state index < -0.39 is 12.0 Å². The Labute approximate surface area is 102 Å². The second kappa shape index (κ2) is 5.57. The molecule has 1 atom stereocenters. The zero-order valence-corrected chi connectivity index (χ0v) is 10.7. The quantitative estimate of drug-likeness (QED) is 0.826. The number of carboxylic acid groups (broad SMARTS) is 1. The predicted octanol–water partition coefficient (Wildman–Crippen LogP) is 2.52. The minimum Gasteiger partial charge on any atom is -0.496 e. The van der Waals surface area contributed by atoms with E-state index in [4.69, 9.17) is 9.84 Å². The molecule has 0 heterocycles. The molecule has 17 heavy (non-hydrogen) atoms. The number of carbonyl (C=O) groups is 1. The molecule has 1 unspecified atom stereocenters. The Hall–Kier alpha value is -1.71. The highest BCUT2D eigenvalue weighted by atomic mass is 16.5. The van der Waals surface area contributed by atoms with Gasteiger partial charge in [0.2, 0.25) is 0 Å². The summed E-state index contributed by atoms with van der Waals surface area (Å²) in [6, 6.07) is 4.96. The van der Waals surface area contributed by atoms with E-state index >= 15 is 0 Å². The normalized spacial score (nSPS) is 12.3.